The number of alkyl halides is 3. The highest BCUT2D eigenvalue weighted by Crippen LogP contribution is 2.34. The molecule has 1 atom stereocenters. The zero-order chi connectivity index (χ0) is 17.9. The summed E-state index contributed by atoms with van der Waals surface area (Å²) in [6.07, 6.45) is -4.03. The van der Waals surface area contributed by atoms with E-state index >= 15 is 0 Å². The van der Waals surface area contributed by atoms with Gasteiger partial charge in [0, 0.05) is 13.5 Å². The Labute approximate surface area is 136 Å². The van der Waals surface area contributed by atoms with Gasteiger partial charge in [0.2, 0.25) is 17.7 Å². The lowest BCUT2D eigenvalue weighted by atomic mass is 10.1. The third-order valence-corrected chi connectivity index (χ3v) is 3.56. The van der Waals surface area contributed by atoms with Crippen LogP contribution in [0, 0.1) is 0 Å². The van der Waals surface area contributed by atoms with Gasteiger partial charge in [-0.25, -0.2) is 0 Å². The molecule has 24 heavy (non-hydrogen) atoms. The monoisotopic (exact) mass is 343 g/mol. The average molecular weight is 343 g/mol. The number of para-hydroxylation sites is 1. The number of amides is 3. The summed E-state index contributed by atoms with van der Waals surface area (Å²) in [7, 11) is 1.35. The highest BCUT2D eigenvalue weighted by Gasteiger charge is 2.34. The van der Waals surface area contributed by atoms with Gasteiger partial charge in [0.05, 0.1) is 17.8 Å². The quantitative estimate of drug-likeness (QED) is 0.867. The van der Waals surface area contributed by atoms with Crippen LogP contribution in [-0.2, 0) is 20.6 Å². The second-order valence-electron chi connectivity index (χ2n) is 5.44. The fraction of sp³-hybridized carbons (Fsp3) is 0.400. The Bertz CT molecular complexity index is 661. The van der Waals surface area contributed by atoms with E-state index in [0.29, 0.717) is 6.42 Å². The van der Waals surface area contributed by atoms with Gasteiger partial charge in [-0.15, -0.1) is 0 Å². The SMILES string of the molecule is CN(CC(=O)Nc1ccccc1C(F)(F)F)C(=O)[C@H]1CCC(=O)N1. The van der Waals surface area contributed by atoms with Gasteiger partial charge in [0.25, 0.3) is 0 Å². The number of hydrogen-bond acceptors (Lipinski definition) is 3. The Morgan fingerprint density at radius 3 is 2.58 bits per heavy atom. The lowest BCUT2D eigenvalue weighted by Gasteiger charge is -2.21. The molecular formula is C15H16F3N3O3. The molecule has 1 saturated heterocycles. The van der Waals surface area contributed by atoms with Crippen LogP contribution in [0.3, 0.4) is 0 Å². The number of nitrogens with zero attached hydrogens (tertiary/aromatic N) is 1. The summed E-state index contributed by atoms with van der Waals surface area (Å²) in [5.41, 5.74) is -1.33. The number of anilines is 1. The second-order valence-corrected chi connectivity index (χ2v) is 5.44. The first-order valence-electron chi connectivity index (χ1n) is 7.19. The molecule has 0 saturated carbocycles. The van der Waals surface area contributed by atoms with E-state index in [-0.39, 0.29) is 18.0 Å². The number of hydrogen-bond donors (Lipinski definition) is 2. The van der Waals surface area contributed by atoms with Crippen LogP contribution in [0.5, 0.6) is 0 Å². The summed E-state index contributed by atoms with van der Waals surface area (Å²) < 4.78 is 38.6. The van der Waals surface area contributed by atoms with E-state index in [0.717, 1.165) is 17.0 Å². The Kier molecular flexibility index (Phi) is 5.10. The van der Waals surface area contributed by atoms with Crippen LogP contribution in [0.1, 0.15) is 18.4 Å². The molecule has 6 nitrogen and oxygen atoms in total. The first-order valence-corrected chi connectivity index (χ1v) is 7.19. The van der Waals surface area contributed by atoms with Gasteiger partial charge in [-0.05, 0) is 18.6 Å². The molecule has 0 bridgehead atoms. The van der Waals surface area contributed by atoms with Crippen LogP contribution in [0.15, 0.2) is 24.3 Å². The van der Waals surface area contributed by atoms with Gasteiger partial charge in [0.15, 0.2) is 0 Å². The lowest BCUT2D eigenvalue weighted by Crippen LogP contribution is -2.45. The van der Waals surface area contributed by atoms with Crippen molar-refractivity contribution in [3.63, 3.8) is 0 Å². The molecule has 2 rings (SSSR count). The van der Waals surface area contributed by atoms with E-state index in [2.05, 4.69) is 10.6 Å². The van der Waals surface area contributed by atoms with Crippen molar-refractivity contribution < 1.29 is 27.6 Å². The number of halogens is 3. The predicted molar refractivity (Wildman–Crippen MR) is 78.9 cm³/mol. The Morgan fingerprint density at radius 2 is 2.00 bits per heavy atom. The predicted octanol–water partition coefficient (Wildman–Crippen LogP) is 1.38. The molecule has 0 aliphatic carbocycles. The van der Waals surface area contributed by atoms with Crippen LogP contribution in [0.2, 0.25) is 0 Å². The molecule has 2 N–H and O–H groups in total. The molecule has 1 aromatic rings. The van der Waals surface area contributed by atoms with Crippen molar-refractivity contribution in [2.24, 2.45) is 0 Å². The number of carbonyl (C=O) groups is 3. The number of likely N-dealkylation sites (N-methyl/N-ethyl adjacent to an activating group) is 1. The zero-order valence-electron chi connectivity index (χ0n) is 12.8. The molecule has 0 unspecified atom stereocenters. The van der Waals surface area contributed by atoms with E-state index in [1.54, 1.807) is 0 Å². The van der Waals surface area contributed by atoms with E-state index in [9.17, 15) is 27.6 Å². The average Bonchev–Trinajstić information content (AvgIpc) is 2.92. The van der Waals surface area contributed by atoms with Crippen molar-refractivity contribution in [3.05, 3.63) is 29.8 Å². The summed E-state index contributed by atoms with van der Waals surface area (Å²) in [6, 6.07) is 3.89. The summed E-state index contributed by atoms with van der Waals surface area (Å²) >= 11 is 0. The molecule has 1 heterocycles. The van der Waals surface area contributed by atoms with Crippen molar-refractivity contribution in [2.75, 3.05) is 18.9 Å². The van der Waals surface area contributed by atoms with Crippen LogP contribution in [-0.4, -0.2) is 42.3 Å². The minimum absolute atomic E-state index is 0.232. The lowest BCUT2D eigenvalue weighted by molar-refractivity contribution is -0.137. The molecule has 0 spiro atoms. The molecule has 1 fully saturated rings. The second kappa shape index (κ2) is 6.90. The Balaban J connectivity index is 1.98. The highest BCUT2D eigenvalue weighted by atomic mass is 19.4. The van der Waals surface area contributed by atoms with Gasteiger partial charge in [0.1, 0.15) is 6.04 Å². The summed E-state index contributed by atoms with van der Waals surface area (Å²) in [5.74, 6) is -1.46. The molecule has 0 radical (unpaired) electrons. The van der Waals surface area contributed by atoms with Crippen LogP contribution < -0.4 is 10.6 Å². The molecule has 9 heteroatoms. The molecule has 1 aromatic carbocycles. The highest BCUT2D eigenvalue weighted by molar-refractivity contribution is 5.97. The fourth-order valence-corrected chi connectivity index (χ4v) is 2.39. The Hall–Kier alpha value is -2.58. The number of rotatable bonds is 4. The van der Waals surface area contributed by atoms with Crippen molar-refractivity contribution in [3.8, 4) is 0 Å². The number of benzene rings is 1. The molecule has 130 valence electrons. The van der Waals surface area contributed by atoms with Crippen LogP contribution >= 0.6 is 0 Å². The molecule has 1 aliphatic heterocycles. The van der Waals surface area contributed by atoms with Crippen LogP contribution in [0.4, 0.5) is 18.9 Å². The standard InChI is InChI=1S/C15H16F3N3O3/c1-21(14(24)11-6-7-12(22)20-11)8-13(23)19-10-5-3-2-4-9(10)15(16,17)18/h2-5,11H,6-8H2,1H3,(H,19,23)(H,20,22)/t11-/m1/s1. The minimum Gasteiger partial charge on any atom is -0.344 e. The fourth-order valence-electron chi connectivity index (χ4n) is 2.39. The van der Waals surface area contributed by atoms with E-state index in [1.165, 1.54) is 19.2 Å². The van der Waals surface area contributed by atoms with Gasteiger partial charge in [-0.2, -0.15) is 13.2 Å². The largest absolute Gasteiger partial charge is 0.418 e. The van der Waals surface area contributed by atoms with Crippen molar-refractivity contribution in [1.82, 2.24) is 10.2 Å². The summed E-state index contributed by atoms with van der Waals surface area (Å²) in [4.78, 5) is 36.2. The summed E-state index contributed by atoms with van der Waals surface area (Å²) in [5, 5.41) is 4.64. The van der Waals surface area contributed by atoms with Crippen molar-refractivity contribution in [1.29, 1.82) is 0 Å². The maximum atomic E-state index is 12.9. The van der Waals surface area contributed by atoms with Crippen molar-refractivity contribution in [2.45, 2.75) is 25.1 Å². The maximum Gasteiger partial charge on any atom is 0.418 e. The van der Waals surface area contributed by atoms with Crippen molar-refractivity contribution >= 4 is 23.4 Å². The van der Waals surface area contributed by atoms with E-state index in [4.69, 9.17) is 0 Å². The maximum absolute atomic E-state index is 12.9. The van der Waals surface area contributed by atoms with E-state index in [1.807, 2.05) is 0 Å². The van der Waals surface area contributed by atoms with E-state index < -0.39 is 36.1 Å². The van der Waals surface area contributed by atoms with Gasteiger partial charge in [-0.3, -0.25) is 14.4 Å². The first-order chi connectivity index (χ1) is 11.2. The van der Waals surface area contributed by atoms with Crippen LogP contribution in [0.25, 0.3) is 0 Å². The molecule has 3 amide bonds. The Morgan fingerprint density at radius 1 is 1.33 bits per heavy atom. The number of carbonyl (C=O) groups excluding carboxylic acids is 3. The third kappa shape index (κ3) is 4.24. The molecular weight excluding hydrogens is 327 g/mol. The normalized spacial score (nSPS) is 17.3. The summed E-state index contributed by atoms with van der Waals surface area (Å²) in [6.45, 7) is -0.419. The molecule has 0 aromatic heterocycles. The smallest absolute Gasteiger partial charge is 0.344 e. The third-order valence-electron chi connectivity index (χ3n) is 3.56. The first kappa shape index (κ1) is 17.8. The minimum atomic E-state index is -4.60. The topological polar surface area (TPSA) is 78.5 Å². The van der Waals surface area contributed by atoms with Gasteiger partial charge in [-0.1, -0.05) is 12.1 Å². The number of nitrogens with one attached hydrogen (secondary N) is 2. The van der Waals surface area contributed by atoms with Gasteiger partial charge < -0.3 is 15.5 Å². The van der Waals surface area contributed by atoms with Gasteiger partial charge >= 0.3 is 6.18 Å². The zero-order valence-corrected chi connectivity index (χ0v) is 12.8. The molecule has 1 aliphatic rings.